The predicted molar refractivity (Wildman–Crippen MR) is 82.2 cm³/mol. The van der Waals surface area contributed by atoms with E-state index in [4.69, 9.17) is 9.47 Å². The number of methoxy groups -OCH3 is 2. The van der Waals surface area contributed by atoms with Crippen LogP contribution in [0.2, 0.25) is 0 Å². The Morgan fingerprint density at radius 2 is 2.10 bits per heavy atom. The van der Waals surface area contributed by atoms with Crippen LogP contribution < -0.4 is 10.1 Å². The SMILES string of the molecule is COCCC1(CNCc2cc(Br)c(O)c(OC)c2)CC1. The van der Waals surface area contributed by atoms with E-state index in [0.29, 0.717) is 15.6 Å². The van der Waals surface area contributed by atoms with Crippen molar-refractivity contribution in [2.45, 2.75) is 25.8 Å². The van der Waals surface area contributed by atoms with Gasteiger partial charge in [-0.15, -0.1) is 0 Å². The van der Waals surface area contributed by atoms with Gasteiger partial charge in [0.2, 0.25) is 0 Å². The summed E-state index contributed by atoms with van der Waals surface area (Å²) < 4.78 is 11.0. The highest BCUT2D eigenvalue weighted by Gasteiger charge is 2.41. The smallest absolute Gasteiger partial charge is 0.172 e. The van der Waals surface area contributed by atoms with Gasteiger partial charge in [0, 0.05) is 26.8 Å². The molecule has 1 fully saturated rings. The van der Waals surface area contributed by atoms with Crippen LogP contribution in [-0.2, 0) is 11.3 Å². The molecule has 1 aromatic rings. The standard InChI is InChI=1S/C15H22BrNO3/c1-19-6-5-15(3-4-15)10-17-9-11-7-12(16)14(18)13(8-11)20-2/h7-8,17-18H,3-6,9-10H2,1-2H3. The van der Waals surface area contributed by atoms with E-state index in [1.165, 1.54) is 12.8 Å². The molecule has 0 radical (unpaired) electrons. The van der Waals surface area contributed by atoms with E-state index in [1.807, 2.05) is 12.1 Å². The third-order valence-electron chi connectivity index (χ3n) is 3.93. The van der Waals surface area contributed by atoms with Crippen LogP contribution in [0, 0.1) is 5.41 Å². The maximum absolute atomic E-state index is 9.78. The third-order valence-corrected chi connectivity index (χ3v) is 4.54. The number of hydrogen-bond donors (Lipinski definition) is 2. The van der Waals surface area contributed by atoms with Gasteiger partial charge in [-0.2, -0.15) is 0 Å². The largest absolute Gasteiger partial charge is 0.503 e. The maximum Gasteiger partial charge on any atom is 0.172 e. The van der Waals surface area contributed by atoms with Gasteiger partial charge in [0.25, 0.3) is 0 Å². The summed E-state index contributed by atoms with van der Waals surface area (Å²) in [7, 11) is 3.31. The number of aromatic hydroxyl groups is 1. The number of phenols is 1. The minimum atomic E-state index is 0.148. The van der Waals surface area contributed by atoms with Crippen LogP contribution in [0.4, 0.5) is 0 Å². The first kappa shape index (κ1) is 15.6. The summed E-state index contributed by atoms with van der Waals surface area (Å²) in [5.41, 5.74) is 1.53. The van der Waals surface area contributed by atoms with Gasteiger partial charge in [-0.05, 0) is 58.3 Å². The topological polar surface area (TPSA) is 50.7 Å². The summed E-state index contributed by atoms with van der Waals surface area (Å²) in [5.74, 6) is 0.645. The number of halogens is 1. The lowest BCUT2D eigenvalue weighted by Crippen LogP contribution is -2.24. The minimum absolute atomic E-state index is 0.148. The molecule has 5 heteroatoms. The Morgan fingerprint density at radius 3 is 2.70 bits per heavy atom. The van der Waals surface area contributed by atoms with Crippen molar-refractivity contribution in [3.63, 3.8) is 0 Å². The molecule has 1 aliphatic rings. The monoisotopic (exact) mass is 343 g/mol. The minimum Gasteiger partial charge on any atom is -0.503 e. The van der Waals surface area contributed by atoms with Gasteiger partial charge >= 0.3 is 0 Å². The second kappa shape index (κ2) is 6.78. The van der Waals surface area contributed by atoms with Crippen LogP contribution in [0.3, 0.4) is 0 Å². The number of hydrogen-bond acceptors (Lipinski definition) is 4. The molecular formula is C15H22BrNO3. The maximum atomic E-state index is 9.78. The van der Waals surface area contributed by atoms with Crippen molar-refractivity contribution < 1.29 is 14.6 Å². The molecule has 4 nitrogen and oxygen atoms in total. The summed E-state index contributed by atoms with van der Waals surface area (Å²) in [6.07, 6.45) is 3.69. The zero-order valence-electron chi connectivity index (χ0n) is 12.0. The van der Waals surface area contributed by atoms with E-state index in [-0.39, 0.29) is 5.75 Å². The average Bonchev–Trinajstić information content (AvgIpc) is 3.20. The Morgan fingerprint density at radius 1 is 1.35 bits per heavy atom. The molecular weight excluding hydrogens is 322 g/mol. The molecule has 0 bridgehead atoms. The fourth-order valence-corrected chi connectivity index (χ4v) is 2.86. The molecule has 20 heavy (non-hydrogen) atoms. The molecule has 112 valence electrons. The molecule has 1 aromatic carbocycles. The van der Waals surface area contributed by atoms with Gasteiger partial charge in [0.15, 0.2) is 11.5 Å². The third kappa shape index (κ3) is 3.87. The van der Waals surface area contributed by atoms with E-state index < -0.39 is 0 Å². The van der Waals surface area contributed by atoms with Gasteiger partial charge in [-0.1, -0.05) is 0 Å². The lowest BCUT2D eigenvalue weighted by atomic mass is 10.0. The van der Waals surface area contributed by atoms with Crippen molar-refractivity contribution in [1.29, 1.82) is 0 Å². The van der Waals surface area contributed by atoms with E-state index in [1.54, 1.807) is 14.2 Å². The highest BCUT2D eigenvalue weighted by Crippen LogP contribution is 2.48. The fourth-order valence-electron chi connectivity index (χ4n) is 2.37. The molecule has 1 saturated carbocycles. The van der Waals surface area contributed by atoms with Gasteiger partial charge in [0.05, 0.1) is 11.6 Å². The summed E-state index contributed by atoms with van der Waals surface area (Å²) in [6, 6.07) is 3.78. The predicted octanol–water partition coefficient (Wildman–Crippen LogP) is 3.07. The Hall–Kier alpha value is -0.780. The van der Waals surface area contributed by atoms with Crippen molar-refractivity contribution in [2.24, 2.45) is 5.41 Å². The van der Waals surface area contributed by atoms with Crippen LogP contribution in [0.1, 0.15) is 24.8 Å². The summed E-state index contributed by atoms with van der Waals surface area (Å²) in [4.78, 5) is 0. The zero-order chi connectivity index (χ0) is 14.6. The first-order valence-corrected chi connectivity index (χ1v) is 7.64. The van der Waals surface area contributed by atoms with Gasteiger partial charge in [-0.3, -0.25) is 0 Å². The molecule has 0 unspecified atom stereocenters. The average molecular weight is 344 g/mol. The molecule has 2 rings (SSSR count). The molecule has 0 spiro atoms. The first-order valence-electron chi connectivity index (χ1n) is 6.85. The van der Waals surface area contributed by atoms with E-state index >= 15 is 0 Å². The van der Waals surface area contributed by atoms with Crippen molar-refractivity contribution in [3.05, 3.63) is 22.2 Å². The molecule has 0 aromatic heterocycles. The number of rotatable bonds is 8. The van der Waals surface area contributed by atoms with E-state index in [2.05, 4.69) is 21.2 Å². The van der Waals surface area contributed by atoms with Crippen molar-refractivity contribution in [3.8, 4) is 11.5 Å². The fraction of sp³-hybridized carbons (Fsp3) is 0.600. The van der Waals surface area contributed by atoms with Crippen LogP contribution in [0.5, 0.6) is 11.5 Å². The van der Waals surface area contributed by atoms with Crippen molar-refractivity contribution >= 4 is 15.9 Å². The summed E-state index contributed by atoms with van der Waals surface area (Å²) in [5, 5.41) is 13.3. The van der Waals surface area contributed by atoms with Gasteiger partial charge in [0.1, 0.15) is 0 Å². The number of benzene rings is 1. The second-order valence-corrected chi connectivity index (χ2v) is 6.33. The van der Waals surface area contributed by atoms with Crippen LogP contribution >= 0.6 is 15.9 Å². The number of phenolic OH excluding ortho intramolecular Hbond substituents is 1. The molecule has 0 aliphatic heterocycles. The number of nitrogens with one attached hydrogen (secondary N) is 1. The Bertz CT molecular complexity index is 461. The normalized spacial score (nSPS) is 16.1. The van der Waals surface area contributed by atoms with Crippen molar-refractivity contribution in [1.82, 2.24) is 5.32 Å². The molecule has 2 N–H and O–H groups in total. The summed E-state index contributed by atoms with van der Waals surface area (Å²) >= 11 is 3.34. The number of ether oxygens (including phenoxy) is 2. The highest BCUT2D eigenvalue weighted by atomic mass is 79.9. The van der Waals surface area contributed by atoms with Crippen molar-refractivity contribution in [2.75, 3.05) is 27.4 Å². The lowest BCUT2D eigenvalue weighted by Gasteiger charge is -2.16. The second-order valence-electron chi connectivity index (χ2n) is 5.47. The van der Waals surface area contributed by atoms with Gasteiger partial charge in [-0.25, -0.2) is 0 Å². The van der Waals surface area contributed by atoms with Crippen LogP contribution in [0.15, 0.2) is 16.6 Å². The lowest BCUT2D eigenvalue weighted by molar-refractivity contribution is 0.171. The van der Waals surface area contributed by atoms with Gasteiger partial charge < -0.3 is 19.9 Å². The summed E-state index contributed by atoms with van der Waals surface area (Å²) in [6.45, 7) is 2.61. The Labute approximate surface area is 128 Å². The Kier molecular flexibility index (Phi) is 5.29. The molecule has 0 amide bonds. The van der Waals surface area contributed by atoms with Crippen LogP contribution in [0.25, 0.3) is 0 Å². The first-order chi connectivity index (χ1) is 9.60. The zero-order valence-corrected chi connectivity index (χ0v) is 13.6. The van der Waals surface area contributed by atoms with Crippen LogP contribution in [-0.4, -0.2) is 32.5 Å². The molecule has 0 atom stereocenters. The van der Waals surface area contributed by atoms with E-state index in [0.717, 1.165) is 31.7 Å². The Balaban J connectivity index is 1.87. The van der Waals surface area contributed by atoms with E-state index in [9.17, 15) is 5.11 Å². The molecule has 0 saturated heterocycles. The quantitative estimate of drug-likeness (QED) is 0.761. The highest BCUT2D eigenvalue weighted by molar-refractivity contribution is 9.10. The molecule has 1 aliphatic carbocycles. The molecule has 0 heterocycles.